The van der Waals surface area contributed by atoms with Gasteiger partial charge in [0, 0.05) is 41.3 Å². The van der Waals surface area contributed by atoms with Crippen LogP contribution >= 0.6 is 11.6 Å². The molecule has 3 aliphatic heterocycles. The lowest BCUT2D eigenvalue weighted by Crippen LogP contribution is -2.53. The zero-order chi connectivity index (χ0) is 28.6. The number of nitrogens with zero attached hydrogens (tertiary/aromatic N) is 1. The smallest absolute Gasteiger partial charge is 0.250 e. The molecule has 2 fully saturated rings. The third kappa shape index (κ3) is 3.66. The summed E-state index contributed by atoms with van der Waals surface area (Å²) in [6, 6.07) is 17.5. The molecule has 10 heteroatoms. The molecule has 1 spiro atoms. The molecule has 3 aliphatic rings. The van der Waals surface area contributed by atoms with Crippen LogP contribution in [0.15, 0.2) is 66.9 Å². The zero-order valence-electron chi connectivity index (χ0n) is 22.2. The second kappa shape index (κ2) is 9.02. The molecule has 9 nitrogen and oxygen atoms in total. The van der Waals surface area contributed by atoms with Gasteiger partial charge >= 0.3 is 0 Å². The lowest BCUT2D eigenvalue weighted by atomic mass is 9.76. The third-order valence-electron chi connectivity index (χ3n) is 8.48. The number of imide groups is 1. The van der Waals surface area contributed by atoms with Crippen molar-refractivity contribution in [3.63, 3.8) is 0 Å². The number of hydrogen-bond acceptors (Lipinski definition) is 5. The molecule has 0 bridgehead atoms. The van der Waals surface area contributed by atoms with Gasteiger partial charge in [-0.1, -0.05) is 35.9 Å². The molecular weight excluding hydrogens is 542 g/mol. The van der Waals surface area contributed by atoms with Gasteiger partial charge in [0.15, 0.2) is 0 Å². The Morgan fingerprint density at radius 1 is 1.05 bits per heavy atom. The first kappa shape index (κ1) is 25.5. The summed E-state index contributed by atoms with van der Waals surface area (Å²) in [6.45, 7) is 3.28. The van der Waals surface area contributed by atoms with E-state index in [4.69, 9.17) is 11.6 Å². The maximum Gasteiger partial charge on any atom is 0.250 e. The first-order valence-corrected chi connectivity index (χ1v) is 13.8. The molecule has 4 amide bonds. The first-order valence-electron chi connectivity index (χ1n) is 13.4. The Hall–Kier alpha value is -4.47. The lowest BCUT2D eigenvalue weighted by molar-refractivity contribution is -0.130. The van der Waals surface area contributed by atoms with E-state index in [2.05, 4.69) is 20.9 Å². The van der Waals surface area contributed by atoms with E-state index in [0.29, 0.717) is 34.1 Å². The number of anilines is 3. The van der Waals surface area contributed by atoms with Crippen molar-refractivity contribution in [2.24, 2.45) is 11.8 Å². The highest BCUT2D eigenvalue weighted by Crippen LogP contribution is 2.55. The number of halogens is 1. The summed E-state index contributed by atoms with van der Waals surface area (Å²) in [7, 11) is 0. The van der Waals surface area contributed by atoms with Crippen molar-refractivity contribution >= 4 is 63.2 Å². The van der Waals surface area contributed by atoms with Crippen molar-refractivity contribution in [1.29, 1.82) is 0 Å². The molecule has 0 aliphatic carbocycles. The van der Waals surface area contributed by atoms with Gasteiger partial charge < -0.3 is 15.6 Å². The monoisotopic (exact) mass is 567 g/mol. The Morgan fingerprint density at radius 2 is 1.80 bits per heavy atom. The molecule has 4 heterocycles. The second-order valence-electron chi connectivity index (χ2n) is 11.0. The van der Waals surface area contributed by atoms with E-state index < -0.39 is 35.2 Å². The Morgan fingerprint density at radius 3 is 2.56 bits per heavy atom. The van der Waals surface area contributed by atoms with Crippen LogP contribution in [0.3, 0.4) is 0 Å². The number of nitrogens with one attached hydrogen (secondary N) is 4. The predicted octanol–water partition coefficient (Wildman–Crippen LogP) is 4.26. The average molecular weight is 568 g/mol. The SMILES string of the molecule is CC(=O)Nc1ccc(N2C(=O)C3C(Cc4c[nH]c5ccccc45)NC4(C(=O)Nc5c(Cl)cc(C)cc54)C3C2=O)cc1. The molecule has 3 aromatic carbocycles. The van der Waals surface area contributed by atoms with Crippen LogP contribution in [-0.4, -0.2) is 34.7 Å². The number of carbonyl (C=O) groups excluding carboxylic acids is 4. The van der Waals surface area contributed by atoms with Gasteiger partial charge in [-0.3, -0.25) is 24.5 Å². The second-order valence-corrected chi connectivity index (χ2v) is 11.4. The van der Waals surface area contributed by atoms with Crippen molar-refractivity contribution in [1.82, 2.24) is 10.3 Å². The van der Waals surface area contributed by atoms with E-state index >= 15 is 0 Å². The number of hydrogen-bond donors (Lipinski definition) is 4. The van der Waals surface area contributed by atoms with Crippen LogP contribution in [0.25, 0.3) is 10.9 Å². The number of aromatic amines is 1. The highest BCUT2D eigenvalue weighted by Gasteiger charge is 2.70. The molecule has 4 unspecified atom stereocenters. The molecule has 7 rings (SSSR count). The van der Waals surface area contributed by atoms with Gasteiger partial charge in [-0.15, -0.1) is 0 Å². The molecule has 0 radical (unpaired) electrons. The van der Waals surface area contributed by atoms with E-state index in [1.807, 2.05) is 43.5 Å². The summed E-state index contributed by atoms with van der Waals surface area (Å²) >= 11 is 6.56. The number of aromatic nitrogens is 1. The van der Waals surface area contributed by atoms with Crippen LogP contribution in [0.2, 0.25) is 5.02 Å². The fraction of sp³-hybridized carbons (Fsp3) is 0.226. The number of rotatable bonds is 4. The lowest BCUT2D eigenvalue weighted by Gasteiger charge is -2.30. The van der Waals surface area contributed by atoms with Crippen molar-refractivity contribution in [3.05, 3.63) is 88.6 Å². The summed E-state index contributed by atoms with van der Waals surface area (Å²) in [5.41, 5.74) is 3.28. The van der Waals surface area contributed by atoms with Crippen LogP contribution in [-0.2, 0) is 31.1 Å². The largest absolute Gasteiger partial charge is 0.361 e. The predicted molar refractivity (Wildman–Crippen MR) is 156 cm³/mol. The Labute approximate surface area is 240 Å². The van der Waals surface area contributed by atoms with E-state index in [1.54, 1.807) is 30.3 Å². The van der Waals surface area contributed by atoms with Gasteiger partial charge in [0.1, 0.15) is 5.54 Å². The van der Waals surface area contributed by atoms with Crippen LogP contribution < -0.4 is 20.9 Å². The quantitative estimate of drug-likeness (QED) is 0.274. The van der Waals surface area contributed by atoms with E-state index in [-0.39, 0.29) is 11.8 Å². The Kier molecular flexibility index (Phi) is 5.61. The Balaban J connectivity index is 1.35. The molecule has 4 N–H and O–H groups in total. The maximum absolute atomic E-state index is 14.3. The maximum atomic E-state index is 14.3. The highest BCUT2D eigenvalue weighted by molar-refractivity contribution is 6.35. The average Bonchev–Trinajstić information content (AvgIpc) is 3.64. The molecule has 206 valence electrons. The zero-order valence-corrected chi connectivity index (χ0v) is 23.0. The number of fused-ring (bicyclic) bond motifs is 5. The van der Waals surface area contributed by atoms with Crippen LogP contribution in [0.4, 0.5) is 17.1 Å². The Bertz CT molecular complexity index is 1800. The van der Waals surface area contributed by atoms with Gasteiger partial charge in [0.2, 0.25) is 23.6 Å². The first-order chi connectivity index (χ1) is 19.7. The topological polar surface area (TPSA) is 123 Å². The fourth-order valence-corrected chi connectivity index (χ4v) is 7.18. The van der Waals surface area contributed by atoms with E-state index in [1.165, 1.54) is 11.8 Å². The molecular formula is C31H26ClN5O4. The summed E-state index contributed by atoms with van der Waals surface area (Å²) in [6.07, 6.45) is 2.33. The van der Waals surface area contributed by atoms with Gasteiger partial charge in [-0.25, -0.2) is 4.90 Å². The minimum Gasteiger partial charge on any atom is -0.361 e. The number of aryl methyl sites for hydroxylation is 1. The number of para-hydroxylation sites is 1. The molecule has 2 saturated heterocycles. The summed E-state index contributed by atoms with van der Waals surface area (Å²) in [5.74, 6) is -3.25. The van der Waals surface area contributed by atoms with Gasteiger partial charge in [-0.2, -0.15) is 0 Å². The van der Waals surface area contributed by atoms with Gasteiger partial charge in [-0.05, 0) is 60.9 Å². The van der Waals surface area contributed by atoms with Gasteiger partial charge in [0.05, 0.1) is 28.2 Å². The number of benzene rings is 3. The minimum absolute atomic E-state index is 0.228. The molecule has 4 aromatic rings. The van der Waals surface area contributed by atoms with Crippen molar-refractivity contribution in [2.75, 3.05) is 15.5 Å². The van der Waals surface area contributed by atoms with Crippen molar-refractivity contribution in [3.8, 4) is 0 Å². The minimum atomic E-state index is -1.47. The van der Waals surface area contributed by atoms with E-state index in [9.17, 15) is 19.2 Å². The standard InChI is InChI=1S/C31H26ClN5O4/c1-15-11-21-27(22(32)12-15)35-30(41)31(21)26-25(24(36-31)13-17-14-33-23-6-4-3-5-20(17)23)28(39)37(29(26)40)19-9-7-18(8-10-19)34-16(2)38/h3-12,14,24-26,33,36H,13H2,1-2H3,(H,34,38)(H,35,41). The van der Waals surface area contributed by atoms with Crippen LogP contribution in [0, 0.1) is 18.8 Å². The summed E-state index contributed by atoms with van der Waals surface area (Å²) in [4.78, 5) is 58.3. The molecule has 4 atom stereocenters. The van der Waals surface area contributed by atoms with Crippen molar-refractivity contribution in [2.45, 2.75) is 31.8 Å². The van der Waals surface area contributed by atoms with E-state index in [0.717, 1.165) is 22.0 Å². The summed E-state index contributed by atoms with van der Waals surface area (Å²) < 4.78 is 0. The molecule has 41 heavy (non-hydrogen) atoms. The fourth-order valence-electron chi connectivity index (χ4n) is 6.86. The number of H-pyrrole nitrogens is 1. The number of carbonyl (C=O) groups is 4. The highest BCUT2D eigenvalue weighted by atomic mass is 35.5. The normalized spacial score (nSPS) is 24.7. The number of amides is 4. The van der Waals surface area contributed by atoms with Crippen LogP contribution in [0.1, 0.15) is 23.6 Å². The van der Waals surface area contributed by atoms with Crippen molar-refractivity contribution < 1.29 is 19.2 Å². The van der Waals surface area contributed by atoms with Crippen LogP contribution in [0.5, 0.6) is 0 Å². The molecule has 1 aromatic heterocycles. The van der Waals surface area contributed by atoms with Gasteiger partial charge in [0.25, 0.3) is 0 Å². The summed E-state index contributed by atoms with van der Waals surface area (Å²) in [5, 5.41) is 10.5. The third-order valence-corrected chi connectivity index (χ3v) is 8.78. The molecule has 0 saturated carbocycles.